The number of nitrogens with zero attached hydrogens (tertiary/aromatic N) is 1. The van der Waals surface area contributed by atoms with Crippen LogP contribution in [0.2, 0.25) is 0 Å². The first-order chi connectivity index (χ1) is 9.98. The fourth-order valence-electron chi connectivity index (χ4n) is 3.04. The summed E-state index contributed by atoms with van der Waals surface area (Å²) in [6.07, 6.45) is 1.52. The second-order valence-electron chi connectivity index (χ2n) is 6.30. The van der Waals surface area contributed by atoms with Crippen LogP contribution in [0, 0.1) is 5.92 Å². The lowest BCUT2D eigenvalue weighted by Gasteiger charge is -2.39. The topological polar surface area (TPSA) is 41.9 Å². The highest BCUT2D eigenvalue weighted by molar-refractivity contribution is 5.44. The van der Waals surface area contributed by atoms with E-state index in [0.29, 0.717) is 17.4 Å². The van der Waals surface area contributed by atoms with Crippen LogP contribution in [0.3, 0.4) is 0 Å². The van der Waals surface area contributed by atoms with Crippen LogP contribution in [0.4, 0.5) is 0 Å². The highest BCUT2D eigenvalue weighted by Gasteiger charge is 2.34. The average Bonchev–Trinajstić information content (AvgIpc) is 2.48. The standard InChI is InChI=1S/C17H27NO3/c1-13(2)12-18-9-7-17(19,8-10-18)14-5-6-15(20-3)16(11-14)21-4/h5-6,11,13,19H,7-10,12H2,1-4H3. The average molecular weight is 293 g/mol. The van der Waals surface area contributed by atoms with Crippen molar-refractivity contribution in [3.63, 3.8) is 0 Å². The fraction of sp³-hybridized carbons (Fsp3) is 0.647. The molecule has 21 heavy (non-hydrogen) atoms. The van der Waals surface area contributed by atoms with E-state index >= 15 is 0 Å². The molecule has 4 nitrogen and oxygen atoms in total. The maximum atomic E-state index is 11.0. The van der Waals surface area contributed by atoms with E-state index in [9.17, 15) is 5.11 Å². The Hall–Kier alpha value is -1.26. The number of hydrogen-bond donors (Lipinski definition) is 1. The zero-order valence-corrected chi connectivity index (χ0v) is 13.6. The van der Waals surface area contributed by atoms with Crippen molar-refractivity contribution in [3.05, 3.63) is 23.8 Å². The molecular weight excluding hydrogens is 266 g/mol. The van der Waals surface area contributed by atoms with Gasteiger partial charge in [-0.25, -0.2) is 0 Å². The molecule has 2 rings (SSSR count). The van der Waals surface area contributed by atoms with Crippen molar-refractivity contribution in [1.82, 2.24) is 4.90 Å². The summed E-state index contributed by atoms with van der Waals surface area (Å²) in [5.74, 6) is 2.03. The molecule has 1 saturated heterocycles. The van der Waals surface area contributed by atoms with Gasteiger partial charge in [0.2, 0.25) is 0 Å². The van der Waals surface area contributed by atoms with Crippen LogP contribution in [0.5, 0.6) is 11.5 Å². The van der Waals surface area contributed by atoms with Crippen molar-refractivity contribution in [3.8, 4) is 11.5 Å². The van der Waals surface area contributed by atoms with E-state index in [0.717, 1.165) is 38.0 Å². The third kappa shape index (κ3) is 3.69. The quantitative estimate of drug-likeness (QED) is 0.906. The predicted molar refractivity (Wildman–Crippen MR) is 84.0 cm³/mol. The molecule has 0 atom stereocenters. The number of rotatable bonds is 5. The summed E-state index contributed by atoms with van der Waals surface area (Å²) in [5.41, 5.74) is 0.164. The van der Waals surface area contributed by atoms with Crippen LogP contribution < -0.4 is 9.47 Å². The molecule has 0 amide bonds. The normalized spacial score (nSPS) is 18.8. The Morgan fingerprint density at radius 2 is 1.76 bits per heavy atom. The molecule has 118 valence electrons. The van der Waals surface area contributed by atoms with Crippen LogP contribution >= 0.6 is 0 Å². The van der Waals surface area contributed by atoms with Gasteiger partial charge in [0.05, 0.1) is 19.8 Å². The highest BCUT2D eigenvalue weighted by atomic mass is 16.5. The molecule has 0 saturated carbocycles. The molecule has 1 heterocycles. The highest BCUT2D eigenvalue weighted by Crippen LogP contribution is 2.37. The molecule has 0 radical (unpaired) electrons. The summed E-state index contributed by atoms with van der Waals surface area (Å²) in [4.78, 5) is 2.43. The van der Waals surface area contributed by atoms with Gasteiger partial charge in [0.15, 0.2) is 11.5 Å². The van der Waals surface area contributed by atoms with E-state index in [-0.39, 0.29) is 0 Å². The Labute approximate surface area is 127 Å². The minimum Gasteiger partial charge on any atom is -0.493 e. The second kappa shape index (κ2) is 6.67. The summed E-state index contributed by atoms with van der Waals surface area (Å²) in [5, 5.41) is 11.0. The van der Waals surface area contributed by atoms with Gasteiger partial charge < -0.3 is 19.5 Å². The molecule has 0 aromatic heterocycles. The monoisotopic (exact) mass is 293 g/mol. The lowest BCUT2D eigenvalue weighted by atomic mass is 9.84. The largest absolute Gasteiger partial charge is 0.493 e. The SMILES string of the molecule is COc1ccc(C2(O)CCN(CC(C)C)CC2)cc1OC. The summed E-state index contributed by atoms with van der Waals surface area (Å²) in [6, 6.07) is 5.71. The number of aliphatic hydroxyl groups is 1. The predicted octanol–water partition coefficient (Wildman–Crippen LogP) is 2.64. The first-order valence-corrected chi connectivity index (χ1v) is 7.66. The molecule has 1 fully saturated rings. The fourth-order valence-corrected chi connectivity index (χ4v) is 3.04. The number of piperidine rings is 1. The Morgan fingerprint density at radius 1 is 1.14 bits per heavy atom. The molecule has 4 heteroatoms. The maximum Gasteiger partial charge on any atom is 0.161 e. The van der Waals surface area contributed by atoms with Gasteiger partial charge in [-0.05, 0) is 36.5 Å². The van der Waals surface area contributed by atoms with E-state index in [1.165, 1.54) is 0 Å². The summed E-state index contributed by atoms with van der Waals surface area (Å²) < 4.78 is 10.6. The minimum atomic E-state index is -0.757. The van der Waals surface area contributed by atoms with E-state index in [1.807, 2.05) is 18.2 Å². The third-order valence-corrected chi connectivity index (χ3v) is 4.23. The lowest BCUT2D eigenvalue weighted by Crippen LogP contribution is -2.43. The molecule has 1 aliphatic heterocycles. The van der Waals surface area contributed by atoms with Gasteiger partial charge in [-0.3, -0.25) is 0 Å². The smallest absolute Gasteiger partial charge is 0.161 e. The van der Waals surface area contributed by atoms with Gasteiger partial charge in [0.25, 0.3) is 0 Å². The minimum absolute atomic E-state index is 0.664. The molecule has 1 aliphatic rings. The number of likely N-dealkylation sites (tertiary alicyclic amines) is 1. The number of benzene rings is 1. The van der Waals surface area contributed by atoms with Gasteiger partial charge in [0, 0.05) is 19.6 Å². The van der Waals surface area contributed by atoms with Crippen molar-refractivity contribution >= 4 is 0 Å². The van der Waals surface area contributed by atoms with Crippen molar-refractivity contribution in [1.29, 1.82) is 0 Å². The first-order valence-electron chi connectivity index (χ1n) is 7.66. The van der Waals surface area contributed by atoms with Gasteiger partial charge in [-0.1, -0.05) is 19.9 Å². The number of hydrogen-bond acceptors (Lipinski definition) is 4. The summed E-state index contributed by atoms with van der Waals surface area (Å²) >= 11 is 0. The Morgan fingerprint density at radius 3 is 2.29 bits per heavy atom. The molecule has 1 aromatic rings. The third-order valence-electron chi connectivity index (χ3n) is 4.23. The molecule has 0 aliphatic carbocycles. The van der Waals surface area contributed by atoms with E-state index < -0.39 is 5.60 Å². The Bertz CT molecular complexity index is 465. The van der Waals surface area contributed by atoms with Gasteiger partial charge in [-0.2, -0.15) is 0 Å². The van der Waals surface area contributed by atoms with Gasteiger partial charge >= 0.3 is 0 Å². The molecule has 0 unspecified atom stereocenters. The van der Waals surface area contributed by atoms with E-state index in [2.05, 4.69) is 18.7 Å². The van der Waals surface area contributed by atoms with Crippen LogP contribution in [0.1, 0.15) is 32.3 Å². The van der Waals surface area contributed by atoms with Gasteiger partial charge in [0.1, 0.15) is 0 Å². The summed E-state index contributed by atoms with van der Waals surface area (Å²) in [7, 11) is 3.24. The van der Waals surface area contributed by atoms with Crippen molar-refractivity contribution in [2.24, 2.45) is 5.92 Å². The van der Waals surface area contributed by atoms with Crippen molar-refractivity contribution in [2.45, 2.75) is 32.3 Å². The zero-order valence-electron chi connectivity index (χ0n) is 13.6. The van der Waals surface area contributed by atoms with Crippen LogP contribution in [0.15, 0.2) is 18.2 Å². The van der Waals surface area contributed by atoms with Gasteiger partial charge in [-0.15, -0.1) is 0 Å². The van der Waals surface area contributed by atoms with Crippen LogP contribution in [0.25, 0.3) is 0 Å². The Balaban J connectivity index is 2.11. The number of ether oxygens (including phenoxy) is 2. The second-order valence-corrected chi connectivity index (χ2v) is 6.30. The molecular formula is C17H27NO3. The molecule has 0 bridgehead atoms. The molecule has 1 N–H and O–H groups in total. The first kappa shape index (κ1) is 16.1. The van der Waals surface area contributed by atoms with Crippen molar-refractivity contribution < 1.29 is 14.6 Å². The zero-order chi connectivity index (χ0) is 15.5. The molecule has 0 spiro atoms. The van der Waals surface area contributed by atoms with E-state index in [1.54, 1.807) is 14.2 Å². The lowest BCUT2D eigenvalue weighted by molar-refractivity contribution is -0.0281. The Kier molecular flexibility index (Phi) is 5.12. The van der Waals surface area contributed by atoms with Crippen molar-refractivity contribution in [2.75, 3.05) is 33.9 Å². The van der Waals surface area contributed by atoms with E-state index in [4.69, 9.17) is 9.47 Å². The van der Waals surface area contributed by atoms with Crippen LogP contribution in [-0.4, -0.2) is 43.9 Å². The van der Waals surface area contributed by atoms with Crippen LogP contribution in [-0.2, 0) is 5.60 Å². The molecule has 1 aromatic carbocycles. The maximum absolute atomic E-state index is 11.0. The summed E-state index contributed by atoms with van der Waals surface area (Å²) in [6.45, 7) is 7.43. The number of methoxy groups -OCH3 is 2.